The first-order valence-electron chi connectivity index (χ1n) is 10.9. The molecule has 1 aliphatic rings. The lowest BCUT2D eigenvalue weighted by atomic mass is 9.81. The highest BCUT2D eigenvalue weighted by Crippen LogP contribution is 2.41. The number of fused-ring (bicyclic) bond motifs is 1. The van der Waals surface area contributed by atoms with Crippen LogP contribution in [0.5, 0.6) is 11.5 Å². The zero-order chi connectivity index (χ0) is 22.1. The van der Waals surface area contributed by atoms with Crippen LogP contribution in [0.3, 0.4) is 0 Å². The van der Waals surface area contributed by atoms with Crippen molar-refractivity contribution in [3.8, 4) is 11.5 Å². The standard InChI is InChI=1S/C28H27N3O/c1-28(2,27-16-6-7-17-29-27)21-10-8-12-23(18-21)32-24-13-9-11-22(19-24)31-20-30(3)25-14-4-5-15-26(25)31/h4-19H,20H2,1-3H3. The van der Waals surface area contributed by atoms with Crippen molar-refractivity contribution in [1.29, 1.82) is 0 Å². The van der Waals surface area contributed by atoms with Gasteiger partial charge in [-0.25, -0.2) is 0 Å². The number of pyridine rings is 1. The minimum atomic E-state index is -0.216. The summed E-state index contributed by atoms with van der Waals surface area (Å²) >= 11 is 0. The Morgan fingerprint density at radius 3 is 2.28 bits per heavy atom. The fraction of sp³-hybridized carbons (Fsp3) is 0.179. The average Bonchev–Trinajstić information content (AvgIpc) is 3.17. The molecule has 0 unspecified atom stereocenters. The summed E-state index contributed by atoms with van der Waals surface area (Å²) in [5.74, 6) is 1.64. The van der Waals surface area contributed by atoms with Crippen LogP contribution < -0.4 is 14.5 Å². The summed E-state index contributed by atoms with van der Waals surface area (Å²) in [7, 11) is 2.12. The molecule has 2 heterocycles. The monoisotopic (exact) mass is 421 g/mol. The highest BCUT2D eigenvalue weighted by molar-refractivity contribution is 5.82. The molecule has 1 aromatic heterocycles. The number of ether oxygens (including phenoxy) is 1. The molecule has 4 nitrogen and oxygen atoms in total. The van der Waals surface area contributed by atoms with Crippen LogP contribution in [0.2, 0.25) is 0 Å². The smallest absolute Gasteiger partial charge is 0.129 e. The molecule has 0 fully saturated rings. The van der Waals surface area contributed by atoms with Crippen LogP contribution in [-0.4, -0.2) is 18.7 Å². The van der Waals surface area contributed by atoms with Crippen LogP contribution in [0.1, 0.15) is 25.1 Å². The van der Waals surface area contributed by atoms with E-state index in [1.165, 1.54) is 16.9 Å². The molecule has 1 aliphatic heterocycles. The Hall–Kier alpha value is -3.79. The molecule has 32 heavy (non-hydrogen) atoms. The first kappa shape index (κ1) is 20.1. The fourth-order valence-corrected chi connectivity index (χ4v) is 4.28. The minimum Gasteiger partial charge on any atom is -0.457 e. The van der Waals surface area contributed by atoms with Gasteiger partial charge in [-0.3, -0.25) is 4.98 Å². The van der Waals surface area contributed by atoms with Gasteiger partial charge in [-0.2, -0.15) is 0 Å². The Bertz CT molecular complexity index is 1240. The van der Waals surface area contributed by atoms with E-state index in [1.807, 2.05) is 42.6 Å². The lowest BCUT2D eigenvalue weighted by Crippen LogP contribution is -2.23. The number of hydrogen-bond donors (Lipinski definition) is 0. The lowest BCUT2D eigenvalue weighted by Gasteiger charge is -2.25. The van der Waals surface area contributed by atoms with E-state index in [0.717, 1.165) is 29.5 Å². The van der Waals surface area contributed by atoms with E-state index in [2.05, 4.69) is 90.3 Å². The Kier molecular flexibility index (Phi) is 5.06. The number of rotatable bonds is 5. The largest absolute Gasteiger partial charge is 0.457 e. The molecular formula is C28H27N3O. The second-order valence-electron chi connectivity index (χ2n) is 8.72. The number of hydrogen-bond acceptors (Lipinski definition) is 4. The van der Waals surface area contributed by atoms with Crippen molar-refractivity contribution in [2.45, 2.75) is 19.3 Å². The first-order chi connectivity index (χ1) is 15.5. The molecule has 0 N–H and O–H groups in total. The molecule has 0 aliphatic carbocycles. The number of aromatic nitrogens is 1. The van der Waals surface area contributed by atoms with E-state index in [1.54, 1.807) is 0 Å². The summed E-state index contributed by atoms with van der Waals surface area (Å²) in [6, 6.07) is 31.1. The third kappa shape index (κ3) is 3.69. The predicted molar refractivity (Wildman–Crippen MR) is 131 cm³/mol. The summed E-state index contributed by atoms with van der Waals surface area (Å²) in [4.78, 5) is 9.13. The maximum atomic E-state index is 6.30. The molecule has 0 bridgehead atoms. The van der Waals surface area contributed by atoms with Crippen LogP contribution in [-0.2, 0) is 5.41 Å². The topological polar surface area (TPSA) is 28.6 Å². The Morgan fingerprint density at radius 1 is 0.781 bits per heavy atom. The van der Waals surface area contributed by atoms with Gasteiger partial charge in [0.15, 0.2) is 0 Å². The fourth-order valence-electron chi connectivity index (χ4n) is 4.28. The highest BCUT2D eigenvalue weighted by atomic mass is 16.5. The van der Waals surface area contributed by atoms with Gasteiger partial charge in [0.25, 0.3) is 0 Å². The van der Waals surface area contributed by atoms with Gasteiger partial charge in [0.05, 0.1) is 23.7 Å². The number of nitrogens with zero attached hydrogens (tertiary/aromatic N) is 3. The molecule has 0 saturated heterocycles. The molecular weight excluding hydrogens is 394 g/mol. The zero-order valence-corrected chi connectivity index (χ0v) is 18.7. The van der Waals surface area contributed by atoms with E-state index in [-0.39, 0.29) is 5.41 Å². The average molecular weight is 422 g/mol. The molecule has 160 valence electrons. The van der Waals surface area contributed by atoms with Crippen molar-refractivity contribution in [1.82, 2.24) is 4.98 Å². The van der Waals surface area contributed by atoms with Crippen LogP contribution in [0.15, 0.2) is 97.2 Å². The van der Waals surface area contributed by atoms with Gasteiger partial charge >= 0.3 is 0 Å². The van der Waals surface area contributed by atoms with E-state index in [4.69, 9.17) is 4.74 Å². The van der Waals surface area contributed by atoms with Crippen LogP contribution in [0.25, 0.3) is 0 Å². The highest BCUT2D eigenvalue weighted by Gasteiger charge is 2.26. The second kappa shape index (κ2) is 8.04. The molecule has 0 spiro atoms. The van der Waals surface area contributed by atoms with Crippen molar-refractivity contribution < 1.29 is 4.74 Å². The van der Waals surface area contributed by atoms with Gasteiger partial charge in [-0.05, 0) is 54.1 Å². The second-order valence-corrected chi connectivity index (χ2v) is 8.72. The molecule has 0 atom stereocenters. The van der Waals surface area contributed by atoms with Crippen LogP contribution >= 0.6 is 0 Å². The third-order valence-corrected chi connectivity index (χ3v) is 6.16. The zero-order valence-electron chi connectivity index (χ0n) is 18.7. The lowest BCUT2D eigenvalue weighted by molar-refractivity contribution is 0.479. The summed E-state index contributed by atoms with van der Waals surface area (Å²) in [5.41, 5.74) is 5.56. The van der Waals surface area contributed by atoms with E-state index in [9.17, 15) is 0 Å². The molecule has 5 rings (SSSR count). The Morgan fingerprint density at radius 2 is 1.50 bits per heavy atom. The summed E-state index contributed by atoms with van der Waals surface area (Å²) in [6.45, 7) is 5.20. The number of anilines is 3. The normalized spacial score (nSPS) is 13.2. The van der Waals surface area contributed by atoms with Crippen molar-refractivity contribution in [2.24, 2.45) is 0 Å². The molecule has 4 heteroatoms. The molecule has 4 aromatic rings. The third-order valence-electron chi connectivity index (χ3n) is 6.16. The van der Waals surface area contributed by atoms with Gasteiger partial charge in [-0.1, -0.05) is 50.2 Å². The van der Waals surface area contributed by atoms with E-state index < -0.39 is 0 Å². The Balaban J connectivity index is 1.41. The van der Waals surface area contributed by atoms with Gasteiger partial charge in [0.1, 0.15) is 11.5 Å². The minimum absolute atomic E-state index is 0.216. The van der Waals surface area contributed by atoms with Crippen LogP contribution in [0, 0.1) is 0 Å². The van der Waals surface area contributed by atoms with Gasteiger partial charge in [0.2, 0.25) is 0 Å². The summed E-state index contributed by atoms with van der Waals surface area (Å²) < 4.78 is 6.30. The van der Waals surface area contributed by atoms with Crippen molar-refractivity contribution >= 4 is 17.1 Å². The molecule has 0 saturated carbocycles. The van der Waals surface area contributed by atoms with Gasteiger partial charge in [0, 0.05) is 30.4 Å². The molecule has 0 radical (unpaired) electrons. The quantitative estimate of drug-likeness (QED) is 0.357. The van der Waals surface area contributed by atoms with Crippen molar-refractivity contribution in [2.75, 3.05) is 23.5 Å². The first-order valence-corrected chi connectivity index (χ1v) is 10.9. The number of benzene rings is 3. The summed E-state index contributed by atoms with van der Waals surface area (Å²) in [6.07, 6.45) is 1.84. The van der Waals surface area contributed by atoms with E-state index in [0.29, 0.717) is 0 Å². The maximum Gasteiger partial charge on any atom is 0.129 e. The SMILES string of the molecule is CN1CN(c2cccc(Oc3cccc(C(C)(C)c4ccccn4)c3)c2)c2ccccc21. The Labute approximate surface area is 189 Å². The van der Waals surface area contributed by atoms with Crippen LogP contribution in [0.4, 0.5) is 17.1 Å². The maximum absolute atomic E-state index is 6.30. The predicted octanol–water partition coefficient (Wildman–Crippen LogP) is 6.75. The van der Waals surface area contributed by atoms with Crippen molar-refractivity contribution in [3.63, 3.8) is 0 Å². The summed E-state index contributed by atoms with van der Waals surface area (Å²) in [5, 5.41) is 0. The van der Waals surface area contributed by atoms with E-state index >= 15 is 0 Å². The van der Waals surface area contributed by atoms with Gasteiger partial charge < -0.3 is 14.5 Å². The van der Waals surface area contributed by atoms with Gasteiger partial charge in [-0.15, -0.1) is 0 Å². The van der Waals surface area contributed by atoms with Crippen molar-refractivity contribution in [3.05, 3.63) is 108 Å². The molecule has 3 aromatic carbocycles. The molecule has 0 amide bonds. The number of para-hydroxylation sites is 2.